The molecule has 0 unspecified atom stereocenters. The molecule has 108 valence electrons. The van der Waals surface area contributed by atoms with Gasteiger partial charge in [-0.05, 0) is 32.5 Å². The molecule has 0 bridgehead atoms. The SMILES string of the molecule is CNCCN(C)C(=O)COc1ccc(C)cc1C.Cl. The Morgan fingerprint density at radius 1 is 1.37 bits per heavy atom. The molecule has 19 heavy (non-hydrogen) atoms. The normalized spacial score (nSPS) is 9.68. The van der Waals surface area contributed by atoms with Gasteiger partial charge in [0.05, 0.1) is 0 Å². The molecular weight excluding hydrogens is 264 g/mol. The first-order valence-corrected chi connectivity index (χ1v) is 6.13. The number of ether oxygens (including phenoxy) is 1. The maximum Gasteiger partial charge on any atom is 0.260 e. The number of amides is 1. The second-order valence-corrected chi connectivity index (χ2v) is 4.48. The van der Waals surface area contributed by atoms with E-state index in [9.17, 15) is 4.79 Å². The van der Waals surface area contributed by atoms with E-state index in [-0.39, 0.29) is 24.9 Å². The number of aryl methyl sites for hydroxylation is 2. The van der Waals surface area contributed by atoms with Crippen LogP contribution in [-0.4, -0.2) is 44.6 Å². The molecule has 1 aromatic rings. The Kier molecular flexibility index (Phi) is 8.19. The summed E-state index contributed by atoms with van der Waals surface area (Å²) in [6, 6.07) is 5.94. The quantitative estimate of drug-likeness (QED) is 0.867. The van der Waals surface area contributed by atoms with Crippen LogP contribution in [0.25, 0.3) is 0 Å². The molecule has 1 aromatic carbocycles. The Bertz CT molecular complexity index is 410. The van der Waals surface area contributed by atoms with Gasteiger partial charge >= 0.3 is 0 Å². The van der Waals surface area contributed by atoms with Crippen molar-refractivity contribution in [2.24, 2.45) is 0 Å². The van der Waals surface area contributed by atoms with Crippen LogP contribution in [-0.2, 0) is 4.79 Å². The van der Waals surface area contributed by atoms with Gasteiger partial charge in [0.2, 0.25) is 0 Å². The van der Waals surface area contributed by atoms with Gasteiger partial charge in [0.1, 0.15) is 5.75 Å². The van der Waals surface area contributed by atoms with Crippen LogP contribution in [0.5, 0.6) is 5.75 Å². The second-order valence-electron chi connectivity index (χ2n) is 4.48. The van der Waals surface area contributed by atoms with E-state index in [4.69, 9.17) is 4.74 Å². The molecule has 0 atom stereocenters. The molecule has 4 nitrogen and oxygen atoms in total. The van der Waals surface area contributed by atoms with E-state index in [1.54, 1.807) is 11.9 Å². The number of nitrogens with one attached hydrogen (secondary N) is 1. The largest absolute Gasteiger partial charge is 0.484 e. The standard InChI is InChI=1S/C14H22N2O2.ClH/c1-11-5-6-13(12(2)9-11)18-10-14(17)16(4)8-7-15-3;/h5-6,9,15H,7-8,10H2,1-4H3;1H. The van der Waals surface area contributed by atoms with E-state index in [1.165, 1.54) is 5.56 Å². The highest BCUT2D eigenvalue weighted by Gasteiger charge is 2.09. The number of rotatable bonds is 6. The molecule has 0 aromatic heterocycles. The summed E-state index contributed by atoms with van der Waals surface area (Å²) in [5.41, 5.74) is 2.25. The molecule has 0 fully saturated rings. The van der Waals surface area contributed by atoms with Gasteiger partial charge in [0, 0.05) is 20.1 Å². The van der Waals surface area contributed by atoms with Crippen LogP contribution < -0.4 is 10.1 Å². The van der Waals surface area contributed by atoms with E-state index in [2.05, 4.69) is 5.32 Å². The van der Waals surface area contributed by atoms with Crippen molar-refractivity contribution in [2.75, 3.05) is 33.8 Å². The lowest BCUT2D eigenvalue weighted by atomic mass is 10.1. The van der Waals surface area contributed by atoms with E-state index in [0.717, 1.165) is 17.9 Å². The molecule has 0 saturated carbocycles. The highest BCUT2D eigenvalue weighted by atomic mass is 35.5. The maximum absolute atomic E-state index is 11.8. The third-order valence-electron chi connectivity index (χ3n) is 2.80. The first-order chi connectivity index (χ1) is 8.54. The Balaban J connectivity index is 0.00000324. The molecule has 0 aliphatic heterocycles. The van der Waals surface area contributed by atoms with Crippen molar-refractivity contribution >= 4 is 18.3 Å². The molecule has 0 saturated heterocycles. The van der Waals surface area contributed by atoms with Crippen molar-refractivity contribution in [1.82, 2.24) is 10.2 Å². The number of benzene rings is 1. The summed E-state index contributed by atoms with van der Waals surface area (Å²) in [4.78, 5) is 13.4. The predicted octanol–water partition coefficient (Wildman–Crippen LogP) is 1.78. The Morgan fingerprint density at radius 3 is 2.63 bits per heavy atom. The number of carbonyl (C=O) groups is 1. The fraction of sp³-hybridized carbons (Fsp3) is 0.500. The molecule has 0 spiro atoms. The van der Waals surface area contributed by atoms with E-state index < -0.39 is 0 Å². The number of hydrogen-bond donors (Lipinski definition) is 1. The Hall–Kier alpha value is -1.26. The summed E-state index contributed by atoms with van der Waals surface area (Å²) in [6.45, 7) is 5.58. The minimum absolute atomic E-state index is 0. The van der Waals surface area contributed by atoms with E-state index in [1.807, 2.05) is 39.1 Å². The van der Waals surface area contributed by atoms with Crippen molar-refractivity contribution in [1.29, 1.82) is 0 Å². The van der Waals surface area contributed by atoms with Gasteiger partial charge in [-0.1, -0.05) is 17.7 Å². The average Bonchev–Trinajstić information content (AvgIpc) is 2.34. The van der Waals surface area contributed by atoms with Crippen LogP contribution in [0.15, 0.2) is 18.2 Å². The first-order valence-electron chi connectivity index (χ1n) is 6.13. The lowest BCUT2D eigenvalue weighted by molar-refractivity contribution is -0.132. The number of halogens is 1. The summed E-state index contributed by atoms with van der Waals surface area (Å²) in [7, 11) is 3.65. The highest BCUT2D eigenvalue weighted by molar-refractivity contribution is 5.85. The van der Waals surface area contributed by atoms with Crippen LogP contribution in [0.1, 0.15) is 11.1 Å². The predicted molar refractivity (Wildman–Crippen MR) is 80.2 cm³/mol. The van der Waals surface area contributed by atoms with Crippen molar-refractivity contribution in [3.05, 3.63) is 29.3 Å². The molecule has 1 N–H and O–H groups in total. The zero-order valence-corrected chi connectivity index (χ0v) is 12.8. The van der Waals surface area contributed by atoms with Crippen LogP contribution in [0.3, 0.4) is 0 Å². The topological polar surface area (TPSA) is 41.6 Å². The monoisotopic (exact) mass is 286 g/mol. The van der Waals surface area contributed by atoms with Gasteiger partial charge in [-0.15, -0.1) is 12.4 Å². The minimum atomic E-state index is -0.00905. The first kappa shape index (κ1) is 17.7. The summed E-state index contributed by atoms with van der Waals surface area (Å²) in [5.74, 6) is 0.765. The zero-order chi connectivity index (χ0) is 13.5. The summed E-state index contributed by atoms with van der Waals surface area (Å²) in [5, 5.41) is 3.01. The summed E-state index contributed by atoms with van der Waals surface area (Å²) in [6.07, 6.45) is 0. The minimum Gasteiger partial charge on any atom is -0.484 e. The smallest absolute Gasteiger partial charge is 0.260 e. The number of carbonyl (C=O) groups excluding carboxylic acids is 1. The second kappa shape index (κ2) is 8.77. The van der Waals surface area contributed by atoms with Crippen LogP contribution in [0.2, 0.25) is 0 Å². The molecule has 0 aliphatic rings. The molecular formula is C14H23ClN2O2. The molecule has 0 radical (unpaired) electrons. The van der Waals surface area contributed by atoms with E-state index >= 15 is 0 Å². The van der Waals surface area contributed by atoms with Crippen molar-refractivity contribution in [3.8, 4) is 5.75 Å². The third-order valence-corrected chi connectivity index (χ3v) is 2.80. The number of hydrogen-bond acceptors (Lipinski definition) is 3. The van der Waals surface area contributed by atoms with Gasteiger partial charge in [0.25, 0.3) is 5.91 Å². The van der Waals surface area contributed by atoms with Gasteiger partial charge < -0.3 is 15.0 Å². The Morgan fingerprint density at radius 2 is 2.05 bits per heavy atom. The molecule has 1 rings (SSSR count). The third kappa shape index (κ3) is 5.94. The molecule has 5 heteroatoms. The lowest BCUT2D eigenvalue weighted by Crippen LogP contribution is -2.35. The molecule has 0 heterocycles. The Labute approximate surface area is 121 Å². The van der Waals surface area contributed by atoms with Gasteiger partial charge in [-0.25, -0.2) is 0 Å². The fourth-order valence-electron chi connectivity index (χ4n) is 1.62. The average molecular weight is 287 g/mol. The summed E-state index contributed by atoms with van der Waals surface area (Å²) < 4.78 is 5.54. The number of nitrogens with zero attached hydrogens (tertiary/aromatic N) is 1. The fourth-order valence-corrected chi connectivity index (χ4v) is 1.62. The van der Waals surface area contributed by atoms with Gasteiger partial charge in [0.15, 0.2) is 6.61 Å². The molecule has 0 aliphatic carbocycles. The highest BCUT2D eigenvalue weighted by Crippen LogP contribution is 2.18. The van der Waals surface area contributed by atoms with Crippen LogP contribution >= 0.6 is 12.4 Å². The summed E-state index contributed by atoms with van der Waals surface area (Å²) >= 11 is 0. The van der Waals surface area contributed by atoms with Crippen molar-refractivity contribution < 1.29 is 9.53 Å². The van der Waals surface area contributed by atoms with Gasteiger partial charge in [-0.3, -0.25) is 4.79 Å². The van der Waals surface area contributed by atoms with Crippen molar-refractivity contribution in [3.63, 3.8) is 0 Å². The van der Waals surface area contributed by atoms with Crippen LogP contribution in [0.4, 0.5) is 0 Å². The van der Waals surface area contributed by atoms with Gasteiger partial charge in [-0.2, -0.15) is 0 Å². The maximum atomic E-state index is 11.8. The lowest BCUT2D eigenvalue weighted by Gasteiger charge is -2.17. The van der Waals surface area contributed by atoms with Crippen LogP contribution in [0, 0.1) is 13.8 Å². The molecule has 1 amide bonds. The van der Waals surface area contributed by atoms with E-state index in [0.29, 0.717) is 6.54 Å². The van der Waals surface area contributed by atoms with Crippen molar-refractivity contribution in [2.45, 2.75) is 13.8 Å². The number of likely N-dealkylation sites (N-methyl/N-ethyl adjacent to an activating group) is 2. The zero-order valence-electron chi connectivity index (χ0n) is 12.0.